The highest BCUT2D eigenvalue weighted by Gasteiger charge is 2.08. The van der Waals surface area contributed by atoms with Crippen LogP contribution >= 0.6 is 0 Å². The first-order valence-electron chi connectivity index (χ1n) is 6.47. The van der Waals surface area contributed by atoms with E-state index in [0.717, 1.165) is 16.8 Å². The molecule has 7 heteroatoms. The summed E-state index contributed by atoms with van der Waals surface area (Å²) < 4.78 is 1.73. The van der Waals surface area contributed by atoms with Crippen LogP contribution in [0.15, 0.2) is 43.0 Å². The Labute approximate surface area is 121 Å². The topological polar surface area (TPSA) is 94.5 Å². The van der Waals surface area contributed by atoms with Gasteiger partial charge in [-0.05, 0) is 11.6 Å². The predicted molar refractivity (Wildman–Crippen MR) is 79.1 cm³/mol. The van der Waals surface area contributed by atoms with Crippen LogP contribution in [0.3, 0.4) is 0 Å². The average Bonchev–Trinajstić information content (AvgIpc) is 2.94. The Balaban J connectivity index is 1.97. The van der Waals surface area contributed by atoms with Crippen LogP contribution in [0.25, 0.3) is 11.3 Å². The molecule has 0 amide bonds. The Morgan fingerprint density at radius 3 is 2.86 bits per heavy atom. The van der Waals surface area contributed by atoms with Crippen molar-refractivity contribution in [1.29, 1.82) is 0 Å². The lowest BCUT2D eigenvalue weighted by atomic mass is 10.2. The summed E-state index contributed by atoms with van der Waals surface area (Å²) in [4.78, 5) is 13.0. The summed E-state index contributed by atoms with van der Waals surface area (Å²) in [6.45, 7) is 0. The van der Waals surface area contributed by atoms with Crippen molar-refractivity contribution in [2.45, 2.75) is 6.42 Å². The lowest BCUT2D eigenvalue weighted by Crippen LogP contribution is -2.11. The second-order valence-corrected chi connectivity index (χ2v) is 4.64. The number of hydrogen-bond acceptors (Lipinski definition) is 6. The van der Waals surface area contributed by atoms with E-state index in [0.29, 0.717) is 18.1 Å². The molecular formula is C14H15N7. The molecule has 3 aromatic heterocycles. The van der Waals surface area contributed by atoms with Gasteiger partial charge in [-0.3, -0.25) is 9.67 Å². The number of aryl methyl sites for hydroxylation is 1. The van der Waals surface area contributed by atoms with Crippen molar-refractivity contribution in [3.05, 3.63) is 54.4 Å². The maximum atomic E-state index is 5.49. The van der Waals surface area contributed by atoms with Gasteiger partial charge in [0, 0.05) is 43.7 Å². The van der Waals surface area contributed by atoms with Crippen LogP contribution in [0, 0.1) is 0 Å². The van der Waals surface area contributed by atoms with E-state index in [1.807, 2.05) is 25.4 Å². The third-order valence-electron chi connectivity index (χ3n) is 3.01. The molecule has 3 heterocycles. The van der Waals surface area contributed by atoms with Gasteiger partial charge >= 0.3 is 0 Å². The molecule has 0 fully saturated rings. The predicted octanol–water partition coefficient (Wildman–Crippen LogP) is 1.15. The molecule has 0 aliphatic heterocycles. The molecule has 0 atom stereocenters. The molecule has 106 valence electrons. The van der Waals surface area contributed by atoms with E-state index in [1.54, 1.807) is 29.3 Å². The maximum absolute atomic E-state index is 5.49. The molecule has 3 N–H and O–H groups in total. The van der Waals surface area contributed by atoms with Gasteiger partial charge in [0.1, 0.15) is 11.6 Å². The number of anilines is 1. The van der Waals surface area contributed by atoms with E-state index in [9.17, 15) is 0 Å². The van der Waals surface area contributed by atoms with Crippen molar-refractivity contribution in [2.75, 3.05) is 5.43 Å². The zero-order chi connectivity index (χ0) is 14.7. The lowest BCUT2D eigenvalue weighted by Gasteiger charge is -2.06. The van der Waals surface area contributed by atoms with Gasteiger partial charge in [0.15, 0.2) is 0 Å². The smallest absolute Gasteiger partial charge is 0.144 e. The summed E-state index contributed by atoms with van der Waals surface area (Å²) in [6, 6.07) is 5.68. The van der Waals surface area contributed by atoms with Crippen LogP contribution in [0.1, 0.15) is 11.4 Å². The van der Waals surface area contributed by atoms with Crippen LogP contribution in [0.4, 0.5) is 5.82 Å². The van der Waals surface area contributed by atoms with E-state index in [4.69, 9.17) is 5.84 Å². The molecule has 7 nitrogen and oxygen atoms in total. The van der Waals surface area contributed by atoms with Gasteiger partial charge in [-0.2, -0.15) is 5.10 Å². The summed E-state index contributed by atoms with van der Waals surface area (Å²) >= 11 is 0. The monoisotopic (exact) mass is 281 g/mol. The molecule has 0 saturated carbocycles. The number of aromatic nitrogens is 5. The first-order valence-corrected chi connectivity index (χ1v) is 6.47. The fourth-order valence-electron chi connectivity index (χ4n) is 2.04. The molecule has 0 bridgehead atoms. The Morgan fingerprint density at radius 1 is 1.29 bits per heavy atom. The number of nitrogens with zero attached hydrogens (tertiary/aromatic N) is 5. The minimum absolute atomic E-state index is 0.572. The molecule has 0 aliphatic carbocycles. The summed E-state index contributed by atoms with van der Waals surface area (Å²) in [5, 5.41) is 4.16. The average molecular weight is 281 g/mol. The highest BCUT2D eigenvalue weighted by atomic mass is 15.3. The fraction of sp³-hybridized carbons (Fsp3) is 0.143. The molecule has 0 radical (unpaired) electrons. The van der Waals surface area contributed by atoms with Crippen molar-refractivity contribution in [2.24, 2.45) is 12.9 Å². The summed E-state index contributed by atoms with van der Waals surface area (Å²) in [5.74, 6) is 6.74. The van der Waals surface area contributed by atoms with Crippen molar-refractivity contribution in [1.82, 2.24) is 24.7 Å². The SMILES string of the molecule is Cn1cc(-c2cc(NN)nc(Cc3cccnc3)n2)cn1. The van der Waals surface area contributed by atoms with Gasteiger partial charge in [0.05, 0.1) is 11.9 Å². The summed E-state index contributed by atoms with van der Waals surface area (Å²) in [5.41, 5.74) is 5.32. The number of nitrogens with two attached hydrogens (primary N) is 1. The minimum Gasteiger partial charge on any atom is -0.308 e. The number of hydrogen-bond donors (Lipinski definition) is 2. The van der Waals surface area contributed by atoms with Crippen molar-refractivity contribution >= 4 is 5.82 Å². The maximum Gasteiger partial charge on any atom is 0.144 e. The van der Waals surface area contributed by atoms with E-state index in [2.05, 4.69) is 25.5 Å². The van der Waals surface area contributed by atoms with Crippen LogP contribution < -0.4 is 11.3 Å². The lowest BCUT2D eigenvalue weighted by molar-refractivity contribution is 0.768. The highest BCUT2D eigenvalue weighted by molar-refractivity contribution is 5.60. The molecule has 3 aromatic rings. The molecule has 0 spiro atoms. The van der Waals surface area contributed by atoms with Crippen LogP contribution in [-0.2, 0) is 13.5 Å². The van der Waals surface area contributed by atoms with Crippen LogP contribution in [-0.4, -0.2) is 24.7 Å². The zero-order valence-corrected chi connectivity index (χ0v) is 11.6. The van der Waals surface area contributed by atoms with Crippen molar-refractivity contribution in [3.63, 3.8) is 0 Å². The van der Waals surface area contributed by atoms with E-state index in [-0.39, 0.29) is 0 Å². The van der Waals surface area contributed by atoms with Gasteiger partial charge in [-0.1, -0.05) is 6.07 Å². The highest BCUT2D eigenvalue weighted by Crippen LogP contribution is 2.19. The number of nitrogens with one attached hydrogen (secondary N) is 1. The molecule has 0 aromatic carbocycles. The Kier molecular flexibility index (Phi) is 3.57. The number of nitrogen functional groups attached to an aromatic ring is 1. The number of hydrazine groups is 1. The van der Waals surface area contributed by atoms with Crippen LogP contribution in [0.5, 0.6) is 0 Å². The van der Waals surface area contributed by atoms with Gasteiger partial charge in [-0.15, -0.1) is 0 Å². The zero-order valence-electron chi connectivity index (χ0n) is 11.6. The van der Waals surface area contributed by atoms with Gasteiger partial charge in [0.2, 0.25) is 0 Å². The first kappa shape index (κ1) is 13.2. The number of rotatable bonds is 4. The Morgan fingerprint density at radius 2 is 2.19 bits per heavy atom. The van der Waals surface area contributed by atoms with E-state index in [1.165, 1.54) is 0 Å². The van der Waals surface area contributed by atoms with Gasteiger partial charge in [0.25, 0.3) is 0 Å². The summed E-state index contributed by atoms with van der Waals surface area (Å²) in [6.07, 6.45) is 7.79. The first-order chi connectivity index (χ1) is 10.2. The minimum atomic E-state index is 0.572. The molecule has 0 saturated heterocycles. The second kappa shape index (κ2) is 5.68. The molecule has 0 unspecified atom stereocenters. The Hall–Kier alpha value is -2.80. The van der Waals surface area contributed by atoms with Crippen LogP contribution in [0.2, 0.25) is 0 Å². The molecule has 0 aliphatic rings. The molecule has 3 rings (SSSR count). The Bertz CT molecular complexity index is 736. The standard InChI is InChI=1S/C14H15N7/c1-21-9-11(8-17-21)12-6-14(20-15)19-13(18-12)5-10-3-2-4-16-7-10/h2-4,6-9H,5,15H2,1H3,(H,18,19,20). The number of pyridine rings is 1. The van der Waals surface area contributed by atoms with Gasteiger partial charge < -0.3 is 5.43 Å². The molecule has 21 heavy (non-hydrogen) atoms. The van der Waals surface area contributed by atoms with Crippen molar-refractivity contribution in [3.8, 4) is 11.3 Å². The summed E-state index contributed by atoms with van der Waals surface area (Å²) in [7, 11) is 1.86. The van der Waals surface area contributed by atoms with Gasteiger partial charge in [-0.25, -0.2) is 15.8 Å². The quantitative estimate of drug-likeness (QED) is 0.550. The third-order valence-corrected chi connectivity index (χ3v) is 3.01. The van der Waals surface area contributed by atoms with E-state index < -0.39 is 0 Å². The normalized spacial score (nSPS) is 10.6. The second-order valence-electron chi connectivity index (χ2n) is 4.64. The van der Waals surface area contributed by atoms with E-state index >= 15 is 0 Å². The fourth-order valence-corrected chi connectivity index (χ4v) is 2.04. The molecular weight excluding hydrogens is 266 g/mol. The largest absolute Gasteiger partial charge is 0.308 e. The third kappa shape index (κ3) is 3.03. The van der Waals surface area contributed by atoms with Crippen molar-refractivity contribution < 1.29 is 0 Å².